The summed E-state index contributed by atoms with van der Waals surface area (Å²) in [5, 5.41) is 10.9. The van der Waals surface area contributed by atoms with Crippen LogP contribution in [0.5, 0.6) is 5.75 Å². The lowest BCUT2D eigenvalue weighted by molar-refractivity contribution is 0.0247. The summed E-state index contributed by atoms with van der Waals surface area (Å²) in [5.74, 6) is 1.03. The molecule has 1 aromatic rings. The second-order valence-corrected chi connectivity index (χ2v) is 6.88. The van der Waals surface area contributed by atoms with Gasteiger partial charge in [-0.15, -0.1) is 0 Å². The zero-order valence-electron chi connectivity index (χ0n) is 11.3. The molecule has 3 heteroatoms. The van der Waals surface area contributed by atoms with E-state index in [9.17, 15) is 5.11 Å². The van der Waals surface area contributed by atoms with Gasteiger partial charge in [-0.05, 0) is 36.1 Å². The van der Waals surface area contributed by atoms with Crippen molar-refractivity contribution in [3.05, 3.63) is 27.7 Å². The van der Waals surface area contributed by atoms with E-state index in [1.807, 2.05) is 0 Å². The third-order valence-corrected chi connectivity index (χ3v) is 4.84. The van der Waals surface area contributed by atoms with Gasteiger partial charge in [0.1, 0.15) is 5.75 Å². The standard InChI is InChI=1S/C16H21BrO2/c17-14-9-12-5-8-19-15(12)13(10-14)11-16(18)6-3-1-2-4-7-16/h9-10,18H,1-8,11H2. The van der Waals surface area contributed by atoms with Crippen LogP contribution in [0.25, 0.3) is 0 Å². The van der Waals surface area contributed by atoms with Gasteiger partial charge < -0.3 is 9.84 Å². The number of hydrogen-bond donors (Lipinski definition) is 1. The lowest BCUT2D eigenvalue weighted by Gasteiger charge is -2.27. The van der Waals surface area contributed by atoms with Crippen LogP contribution in [0.15, 0.2) is 16.6 Å². The Hall–Kier alpha value is -0.540. The van der Waals surface area contributed by atoms with Gasteiger partial charge in [-0.2, -0.15) is 0 Å². The van der Waals surface area contributed by atoms with Gasteiger partial charge >= 0.3 is 0 Å². The van der Waals surface area contributed by atoms with Crippen molar-refractivity contribution in [2.24, 2.45) is 0 Å². The molecule has 1 aliphatic carbocycles. The average molecular weight is 325 g/mol. The Labute approximate surface area is 123 Å². The van der Waals surface area contributed by atoms with E-state index in [-0.39, 0.29) is 0 Å². The highest BCUT2D eigenvalue weighted by atomic mass is 79.9. The van der Waals surface area contributed by atoms with Crippen molar-refractivity contribution in [2.75, 3.05) is 6.61 Å². The fourth-order valence-corrected chi connectivity index (χ4v) is 3.95. The summed E-state index contributed by atoms with van der Waals surface area (Å²) in [5.41, 5.74) is 1.92. The van der Waals surface area contributed by atoms with Crippen molar-refractivity contribution in [3.8, 4) is 5.75 Å². The van der Waals surface area contributed by atoms with Crippen LogP contribution >= 0.6 is 15.9 Å². The van der Waals surface area contributed by atoms with Crippen molar-refractivity contribution >= 4 is 15.9 Å². The summed E-state index contributed by atoms with van der Waals surface area (Å²) in [6, 6.07) is 4.26. The molecule has 1 heterocycles. The van der Waals surface area contributed by atoms with Gasteiger partial charge in [-0.1, -0.05) is 41.6 Å². The first kappa shape index (κ1) is 13.4. The van der Waals surface area contributed by atoms with Crippen LogP contribution in [0.1, 0.15) is 49.7 Å². The van der Waals surface area contributed by atoms with Gasteiger partial charge in [0, 0.05) is 17.3 Å². The molecule has 0 saturated heterocycles. The number of ether oxygens (including phenoxy) is 1. The topological polar surface area (TPSA) is 29.5 Å². The molecule has 1 aromatic carbocycles. The fourth-order valence-electron chi connectivity index (χ4n) is 3.40. The minimum atomic E-state index is -0.531. The minimum absolute atomic E-state index is 0.531. The summed E-state index contributed by atoms with van der Waals surface area (Å²) >= 11 is 3.58. The summed E-state index contributed by atoms with van der Waals surface area (Å²) in [7, 11) is 0. The van der Waals surface area contributed by atoms with E-state index in [0.717, 1.165) is 55.4 Å². The number of rotatable bonds is 2. The zero-order valence-corrected chi connectivity index (χ0v) is 12.8. The number of halogens is 1. The zero-order chi connectivity index (χ0) is 13.3. The molecule has 0 aromatic heterocycles. The molecule has 1 saturated carbocycles. The quantitative estimate of drug-likeness (QED) is 0.833. The number of aliphatic hydroxyl groups is 1. The van der Waals surface area contributed by atoms with E-state index in [4.69, 9.17) is 4.74 Å². The molecular weight excluding hydrogens is 304 g/mol. The predicted molar refractivity (Wildman–Crippen MR) is 79.7 cm³/mol. The van der Waals surface area contributed by atoms with Gasteiger partial charge in [0.2, 0.25) is 0 Å². The molecule has 1 aliphatic heterocycles. The number of fused-ring (bicyclic) bond motifs is 1. The highest BCUT2D eigenvalue weighted by molar-refractivity contribution is 9.10. The Morgan fingerprint density at radius 2 is 1.89 bits per heavy atom. The first-order valence-electron chi connectivity index (χ1n) is 7.33. The highest BCUT2D eigenvalue weighted by Gasteiger charge is 2.30. The van der Waals surface area contributed by atoms with Gasteiger partial charge in [0.15, 0.2) is 0 Å². The molecule has 0 amide bonds. The van der Waals surface area contributed by atoms with E-state index < -0.39 is 5.60 Å². The van der Waals surface area contributed by atoms with E-state index >= 15 is 0 Å². The Balaban J connectivity index is 1.86. The molecule has 0 radical (unpaired) electrons. The third kappa shape index (κ3) is 2.97. The molecule has 3 rings (SSSR count). The van der Waals surface area contributed by atoms with E-state index in [1.54, 1.807) is 0 Å². The van der Waals surface area contributed by atoms with Crippen molar-refractivity contribution < 1.29 is 9.84 Å². The van der Waals surface area contributed by atoms with Crippen LogP contribution in [-0.4, -0.2) is 17.3 Å². The van der Waals surface area contributed by atoms with Crippen LogP contribution in [0.4, 0.5) is 0 Å². The molecule has 0 spiro atoms. The Kier molecular flexibility index (Phi) is 3.86. The summed E-state index contributed by atoms with van der Waals surface area (Å²) in [6.45, 7) is 0.775. The fraction of sp³-hybridized carbons (Fsp3) is 0.625. The molecule has 1 fully saturated rings. The maximum absolute atomic E-state index is 10.9. The second-order valence-electron chi connectivity index (χ2n) is 5.97. The monoisotopic (exact) mass is 324 g/mol. The summed E-state index contributed by atoms with van der Waals surface area (Å²) in [4.78, 5) is 0. The molecule has 0 unspecified atom stereocenters. The number of hydrogen-bond acceptors (Lipinski definition) is 2. The average Bonchev–Trinajstić information content (AvgIpc) is 2.72. The second kappa shape index (κ2) is 5.45. The summed E-state index contributed by atoms with van der Waals surface area (Å²) in [6.07, 6.45) is 8.38. The Morgan fingerprint density at radius 1 is 1.16 bits per heavy atom. The minimum Gasteiger partial charge on any atom is -0.493 e. The molecule has 0 atom stereocenters. The van der Waals surface area contributed by atoms with Crippen LogP contribution in [0, 0.1) is 0 Å². The van der Waals surface area contributed by atoms with E-state index in [2.05, 4.69) is 28.1 Å². The molecule has 19 heavy (non-hydrogen) atoms. The predicted octanol–water partition coefficient (Wildman–Crippen LogP) is 4.01. The maximum atomic E-state index is 10.9. The van der Waals surface area contributed by atoms with Crippen LogP contribution < -0.4 is 4.74 Å². The third-order valence-electron chi connectivity index (χ3n) is 4.38. The molecule has 2 aliphatic rings. The first-order chi connectivity index (χ1) is 9.16. The van der Waals surface area contributed by atoms with Crippen molar-refractivity contribution in [1.82, 2.24) is 0 Å². The Morgan fingerprint density at radius 3 is 2.63 bits per heavy atom. The SMILES string of the molecule is OC1(Cc2cc(Br)cc3c2OCC3)CCCCCC1. The van der Waals surface area contributed by atoms with Crippen LogP contribution in [-0.2, 0) is 12.8 Å². The van der Waals surface area contributed by atoms with E-state index in [1.165, 1.54) is 24.0 Å². The van der Waals surface area contributed by atoms with Crippen LogP contribution in [0.3, 0.4) is 0 Å². The highest BCUT2D eigenvalue weighted by Crippen LogP contribution is 2.38. The Bertz CT molecular complexity index is 462. The van der Waals surface area contributed by atoms with Crippen molar-refractivity contribution in [3.63, 3.8) is 0 Å². The van der Waals surface area contributed by atoms with Gasteiger partial charge in [-0.25, -0.2) is 0 Å². The molecular formula is C16H21BrO2. The van der Waals surface area contributed by atoms with Gasteiger partial charge in [0.05, 0.1) is 12.2 Å². The van der Waals surface area contributed by atoms with Gasteiger partial charge in [0.25, 0.3) is 0 Å². The van der Waals surface area contributed by atoms with Crippen molar-refractivity contribution in [2.45, 2.75) is 57.0 Å². The molecule has 104 valence electrons. The van der Waals surface area contributed by atoms with Crippen molar-refractivity contribution in [1.29, 1.82) is 0 Å². The smallest absolute Gasteiger partial charge is 0.125 e. The number of benzene rings is 1. The summed E-state index contributed by atoms with van der Waals surface area (Å²) < 4.78 is 6.87. The molecule has 2 nitrogen and oxygen atoms in total. The molecule has 0 bridgehead atoms. The van der Waals surface area contributed by atoms with Crippen LogP contribution in [0.2, 0.25) is 0 Å². The van der Waals surface area contributed by atoms with E-state index in [0.29, 0.717) is 0 Å². The lowest BCUT2D eigenvalue weighted by Crippen LogP contribution is -2.30. The first-order valence-corrected chi connectivity index (χ1v) is 8.12. The largest absolute Gasteiger partial charge is 0.493 e. The lowest BCUT2D eigenvalue weighted by atomic mass is 9.86. The molecule has 1 N–H and O–H groups in total. The van der Waals surface area contributed by atoms with Gasteiger partial charge in [-0.3, -0.25) is 0 Å². The normalized spacial score (nSPS) is 21.6. The maximum Gasteiger partial charge on any atom is 0.125 e.